The van der Waals surface area contributed by atoms with E-state index < -0.39 is 28.5 Å². The third kappa shape index (κ3) is 3.52. The van der Waals surface area contributed by atoms with Gasteiger partial charge >= 0.3 is 12.3 Å². The SMILES string of the molecule is CCC[C@@]1(CO)CCCN1c1ccc([N+](=O)[O-])c(OC(F)F)c1. The van der Waals surface area contributed by atoms with E-state index in [-0.39, 0.29) is 6.61 Å². The second kappa shape index (κ2) is 7.08. The normalized spacial score (nSPS) is 21.0. The minimum absolute atomic E-state index is 0.0527. The molecule has 2 rings (SSSR count). The monoisotopic (exact) mass is 330 g/mol. The summed E-state index contributed by atoms with van der Waals surface area (Å²) in [5.41, 5.74) is -0.405. The number of anilines is 1. The third-order valence-corrected chi connectivity index (χ3v) is 4.27. The highest BCUT2D eigenvalue weighted by Crippen LogP contribution is 2.40. The van der Waals surface area contributed by atoms with Gasteiger partial charge in [0.1, 0.15) is 0 Å². The van der Waals surface area contributed by atoms with Gasteiger partial charge in [-0.3, -0.25) is 10.1 Å². The molecule has 0 saturated carbocycles. The van der Waals surface area contributed by atoms with Crippen molar-refractivity contribution in [3.63, 3.8) is 0 Å². The number of nitrogens with zero attached hydrogens (tertiary/aromatic N) is 2. The Morgan fingerprint density at radius 1 is 1.52 bits per heavy atom. The van der Waals surface area contributed by atoms with Crippen LogP contribution in [-0.2, 0) is 0 Å². The largest absolute Gasteiger partial charge is 0.427 e. The molecule has 1 heterocycles. The van der Waals surface area contributed by atoms with Gasteiger partial charge in [-0.25, -0.2) is 0 Å². The van der Waals surface area contributed by atoms with Crippen molar-refractivity contribution in [2.24, 2.45) is 0 Å². The zero-order chi connectivity index (χ0) is 17.0. The summed E-state index contributed by atoms with van der Waals surface area (Å²) >= 11 is 0. The van der Waals surface area contributed by atoms with E-state index in [4.69, 9.17) is 0 Å². The van der Waals surface area contributed by atoms with Crippen molar-refractivity contribution in [1.29, 1.82) is 0 Å². The summed E-state index contributed by atoms with van der Waals surface area (Å²) in [4.78, 5) is 12.1. The molecule has 1 aliphatic rings. The zero-order valence-electron chi connectivity index (χ0n) is 12.9. The van der Waals surface area contributed by atoms with Crippen LogP contribution in [0.1, 0.15) is 32.6 Å². The van der Waals surface area contributed by atoms with Crippen molar-refractivity contribution in [2.75, 3.05) is 18.1 Å². The van der Waals surface area contributed by atoms with Crippen LogP contribution in [0, 0.1) is 10.1 Å². The van der Waals surface area contributed by atoms with Crippen LogP contribution < -0.4 is 9.64 Å². The second-order valence-corrected chi connectivity index (χ2v) is 5.68. The average Bonchev–Trinajstić information content (AvgIpc) is 2.91. The molecule has 0 amide bonds. The average molecular weight is 330 g/mol. The Balaban J connectivity index is 2.40. The predicted molar refractivity (Wildman–Crippen MR) is 81.0 cm³/mol. The fourth-order valence-electron chi connectivity index (χ4n) is 3.32. The maximum atomic E-state index is 12.5. The van der Waals surface area contributed by atoms with E-state index in [1.165, 1.54) is 18.2 Å². The number of hydrogen-bond donors (Lipinski definition) is 1. The number of ether oxygens (including phenoxy) is 1. The quantitative estimate of drug-likeness (QED) is 0.613. The Kier molecular flexibility index (Phi) is 5.35. The number of alkyl halides is 2. The van der Waals surface area contributed by atoms with E-state index in [2.05, 4.69) is 4.74 Å². The number of benzene rings is 1. The molecule has 0 radical (unpaired) electrons. The fraction of sp³-hybridized carbons (Fsp3) is 0.600. The summed E-state index contributed by atoms with van der Waals surface area (Å²) in [7, 11) is 0. The maximum Gasteiger partial charge on any atom is 0.387 e. The summed E-state index contributed by atoms with van der Waals surface area (Å²) in [6.45, 7) is -0.523. The van der Waals surface area contributed by atoms with Gasteiger partial charge in [0.05, 0.1) is 17.1 Å². The molecule has 23 heavy (non-hydrogen) atoms. The molecule has 1 aromatic carbocycles. The van der Waals surface area contributed by atoms with E-state index in [9.17, 15) is 24.0 Å². The van der Waals surface area contributed by atoms with Crippen molar-refractivity contribution in [3.05, 3.63) is 28.3 Å². The first-order valence-electron chi connectivity index (χ1n) is 7.55. The van der Waals surface area contributed by atoms with Crippen LogP contribution in [0.25, 0.3) is 0 Å². The molecule has 1 atom stereocenters. The van der Waals surface area contributed by atoms with Gasteiger partial charge < -0.3 is 14.7 Å². The standard InChI is InChI=1S/C15H20F2N2O4/c1-2-6-15(10-20)7-3-8-18(15)11-4-5-12(19(21)22)13(9-11)23-14(16)17/h4-5,9,14,20H,2-3,6-8,10H2,1H3/t15-/m0/s1. The van der Waals surface area contributed by atoms with E-state index in [0.29, 0.717) is 12.2 Å². The predicted octanol–water partition coefficient (Wildman–Crippen LogP) is 3.33. The highest BCUT2D eigenvalue weighted by atomic mass is 19.3. The van der Waals surface area contributed by atoms with Crippen LogP contribution >= 0.6 is 0 Å². The van der Waals surface area contributed by atoms with Crippen molar-refractivity contribution >= 4 is 11.4 Å². The molecule has 0 bridgehead atoms. The lowest BCUT2D eigenvalue weighted by atomic mass is 9.91. The number of nitro groups is 1. The molecule has 0 aromatic heterocycles. The Morgan fingerprint density at radius 2 is 2.26 bits per heavy atom. The van der Waals surface area contributed by atoms with Gasteiger partial charge in [-0.05, 0) is 25.3 Å². The Morgan fingerprint density at radius 3 is 2.83 bits per heavy atom. The number of hydrogen-bond acceptors (Lipinski definition) is 5. The molecule has 8 heteroatoms. The number of nitro benzene ring substituents is 1. The second-order valence-electron chi connectivity index (χ2n) is 5.68. The van der Waals surface area contributed by atoms with Gasteiger partial charge in [0.2, 0.25) is 5.75 Å². The molecule has 1 aliphatic heterocycles. The van der Waals surface area contributed by atoms with E-state index in [0.717, 1.165) is 25.7 Å². The van der Waals surface area contributed by atoms with Crippen LogP contribution in [0.2, 0.25) is 0 Å². The molecule has 1 fully saturated rings. The highest BCUT2D eigenvalue weighted by molar-refractivity contribution is 5.61. The molecule has 1 saturated heterocycles. The van der Waals surface area contributed by atoms with Crippen LogP contribution in [0.5, 0.6) is 5.75 Å². The van der Waals surface area contributed by atoms with Crippen LogP contribution in [-0.4, -0.2) is 35.3 Å². The Labute approximate surface area is 132 Å². The number of aliphatic hydroxyl groups is 1. The lowest BCUT2D eigenvalue weighted by molar-refractivity contribution is -0.386. The first kappa shape index (κ1) is 17.4. The van der Waals surface area contributed by atoms with Gasteiger partial charge in [0, 0.05) is 24.4 Å². The van der Waals surface area contributed by atoms with Crippen molar-refractivity contribution in [2.45, 2.75) is 44.8 Å². The lowest BCUT2D eigenvalue weighted by Gasteiger charge is -2.39. The molecule has 1 aromatic rings. The van der Waals surface area contributed by atoms with Gasteiger partial charge in [-0.2, -0.15) is 8.78 Å². The molecular weight excluding hydrogens is 310 g/mol. The van der Waals surface area contributed by atoms with Crippen molar-refractivity contribution in [3.8, 4) is 5.75 Å². The molecule has 0 unspecified atom stereocenters. The van der Waals surface area contributed by atoms with Crippen LogP contribution in [0.4, 0.5) is 20.2 Å². The van der Waals surface area contributed by atoms with E-state index >= 15 is 0 Å². The summed E-state index contributed by atoms with van der Waals surface area (Å²) < 4.78 is 29.3. The molecule has 6 nitrogen and oxygen atoms in total. The van der Waals surface area contributed by atoms with E-state index in [1.807, 2.05) is 11.8 Å². The molecule has 0 aliphatic carbocycles. The Bertz CT molecular complexity index is 570. The van der Waals surface area contributed by atoms with Crippen LogP contribution in [0.15, 0.2) is 18.2 Å². The summed E-state index contributed by atoms with van der Waals surface area (Å²) in [6.07, 6.45) is 3.28. The van der Waals surface area contributed by atoms with Gasteiger partial charge in [-0.15, -0.1) is 0 Å². The van der Waals surface area contributed by atoms with Crippen molar-refractivity contribution in [1.82, 2.24) is 0 Å². The van der Waals surface area contributed by atoms with E-state index in [1.54, 1.807) is 0 Å². The molecule has 1 N–H and O–H groups in total. The number of rotatable bonds is 7. The highest BCUT2D eigenvalue weighted by Gasteiger charge is 2.40. The summed E-state index contributed by atoms with van der Waals surface area (Å²) in [5, 5.41) is 20.8. The minimum atomic E-state index is -3.14. The molecule has 128 valence electrons. The van der Waals surface area contributed by atoms with Gasteiger partial charge in [0.25, 0.3) is 0 Å². The molecule has 0 spiro atoms. The number of aliphatic hydroxyl groups excluding tert-OH is 1. The van der Waals surface area contributed by atoms with Crippen LogP contribution in [0.3, 0.4) is 0 Å². The lowest BCUT2D eigenvalue weighted by Crippen LogP contribution is -2.47. The first-order valence-corrected chi connectivity index (χ1v) is 7.55. The minimum Gasteiger partial charge on any atom is -0.427 e. The first-order chi connectivity index (χ1) is 10.9. The van der Waals surface area contributed by atoms with Gasteiger partial charge in [-0.1, -0.05) is 13.3 Å². The fourth-order valence-corrected chi connectivity index (χ4v) is 3.32. The third-order valence-electron chi connectivity index (χ3n) is 4.27. The summed E-state index contributed by atoms with van der Waals surface area (Å²) in [6, 6.07) is 3.94. The number of halogens is 2. The summed E-state index contributed by atoms with van der Waals surface area (Å²) in [5.74, 6) is -0.460. The van der Waals surface area contributed by atoms with Crippen molar-refractivity contribution < 1.29 is 23.5 Å². The maximum absolute atomic E-state index is 12.5. The Hall–Kier alpha value is -1.96. The molecular formula is C15H20F2N2O4. The zero-order valence-corrected chi connectivity index (χ0v) is 12.9. The van der Waals surface area contributed by atoms with Gasteiger partial charge in [0.15, 0.2) is 0 Å². The topological polar surface area (TPSA) is 75.8 Å². The smallest absolute Gasteiger partial charge is 0.387 e.